The Hall–Kier alpha value is -3.49. The minimum Gasteiger partial charge on any atom is -0.416 e. The van der Waals surface area contributed by atoms with E-state index in [0.29, 0.717) is 30.4 Å². The zero-order chi connectivity index (χ0) is 28.9. The number of benzene rings is 1. The lowest BCUT2D eigenvalue weighted by atomic mass is 9.83. The van der Waals surface area contributed by atoms with Gasteiger partial charge in [0.05, 0.1) is 11.3 Å². The number of hydrogen-bond acceptors (Lipinski definition) is 8. The van der Waals surface area contributed by atoms with E-state index in [9.17, 15) is 10.1 Å². The third kappa shape index (κ3) is 4.95. The first-order valence-corrected chi connectivity index (χ1v) is 16.7. The SMILES string of the molecule is Cn1nc(Nc2nccc(-c3cc(C#N)c4c(c3)C(C)(CO[Si](C)(C)C(C)(C)C)CN4[B]C=O)n2)c2c1CCC2. The highest BCUT2D eigenvalue weighted by Crippen LogP contribution is 2.46. The molecule has 1 unspecified atom stereocenters. The quantitative estimate of drug-likeness (QED) is 0.310. The Labute approximate surface area is 238 Å². The minimum absolute atomic E-state index is 0.0666. The van der Waals surface area contributed by atoms with E-state index in [1.807, 2.05) is 28.7 Å². The number of anilines is 3. The molecular weight excluding hydrogens is 517 g/mol. The number of carbonyl (C=O) groups is 1. The molecule has 2 aromatic heterocycles. The fourth-order valence-electron chi connectivity index (χ4n) is 5.45. The Morgan fingerprint density at radius 3 is 2.77 bits per heavy atom. The molecule has 40 heavy (non-hydrogen) atoms. The van der Waals surface area contributed by atoms with Crippen LogP contribution in [-0.2, 0) is 34.5 Å². The Morgan fingerprint density at radius 2 is 2.08 bits per heavy atom. The maximum absolute atomic E-state index is 11.5. The summed E-state index contributed by atoms with van der Waals surface area (Å²) in [6, 6.07) is 8.15. The molecule has 0 fully saturated rings. The van der Waals surface area contributed by atoms with Gasteiger partial charge in [-0.05, 0) is 61.2 Å². The number of rotatable bonds is 8. The van der Waals surface area contributed by atoms with E-state index in [1.165, 1.54) is 18.7 Å². The zero-order valence-corrected chi connectivity index (χ0v) is 25.5. The van der Waals surface area contributed by atoms with Crippen LogP contribution in [0.3, 0.4) is 0 Å². The summed E-state index contributed by atoms with van der Waals surface area (Å²) in [5.74, 6) is 1.26. The maximum atomic E-state index is 11.5. The van der Waals surface area contributed by atoms with Crippen molar-refractivity contribution in [2.75, 3.05) is 23.3 Å². The molecule has 1 radical (unpaired) electrons. The minimum atomic E-state index is -2.03. The molecule has 9 nitrogen and oxygen atoms in total. The smallest absolute Gasteiger partial charge is 0.329 e. The molecular formula is C29H37BN7O2Si. The summed E-state index contributed by atoms with van der Waals surface area (Å²) in [6.45, 7) is 14.4. The van der Waals surface area contributed by atoms with Gasteiger partial charge in [0, 0.05) is 54.3 Å². The van der Waals surface area contributed by atoms with Crippen molar-refractivity contribution < 1.29 is 9.22 Å². The molecule has 0 saturated heterocycles. The van der Waals surface area contributed by atoms with Gasteiger partial charge in [0.25, 0.3) is 0 Å². The predicted molar refractivity (Wildman–Crippen MR) is 161 cm³/mol. The van der Waals surface area contributed by atoms with E-state index in [1.54, 1.807) is 6.20 Å². The number of carbonyl (C=O) groups excluding carboxylic acids is 1. The van der Waals surface area contributed by atoms with Gasteiger partial charge in [-0.1, -0.05) is 27.7 Å². The normalized spacial score (nSPS) is 18.3. The van der Waals surface area contributed by atoms with Crippen LogP contribution < -0.4 is 10.1 Å². The first-order valence-electron chi connectivity index (χ1n) is 13.8. The highest BCUT2D eigenvalue weighted by molar-refractivity contribution is 6.74. The number of fused-ring (bicyclic) bond motifs is 2. The second-order valence-electron chi connectivity index (χ2n) is 12.7. The lowest BCUT2D eigenvalue weighted by molar-refractivity contribution is 0.219. The number of aryl methyl sites for hydroxylation is 1. The van der Waals surface area contributed by atoms with Crippen molar-refractivity contribution in [3.8, 4) is 17.3 Å². The lowest BCUT2D eigenvalue weighted by Gasteiger charge is -2.39. The Kier molecular flexibility index (Phi) is 7.13. The maximum Gasteiger partial charge on any atom is 0.329 e. The average Bonchev–Trinajstić information content (AvgIpc) is 3.58. The zero-order valence-electron chi connectivity index (χ0n) is 24.5. The van der Waals surface area contributed by atoms with Crippen molar-refractivity contribution in [2.24, 2.45) is 7.05 Å². The van der Waals surface area contributed by atoms with E-state index >= 15 is 0 Å². The molecule has 5 rings (SSSR count). The highest BCUT2D eigenvalue weighted by atomic mass is 28.4. The van der Waals surface area contributed by atoms with Gasteiger partial charge in [0.1, 0.15) is 12.3 Å². The second kappa shape index (κ2) is 10.2. The number of hydrogen-bond donors (Lipinski definition) is 1. The van der Waals surface area contributed by atoms with E-state index in [0.717, 1.165) is 48.1 Å². The van der Waals surface area contributed by atoms with Crippen LogP contribution in [0, 0.1) is 11.3 Å². The van der Waals surface area contributed by atoms with Crippen LogP contribution in [0.5, 0.6) is 0 Å². The molecule has 1 N–H and O–H groups in total. The van der Waals surface area contributed by atoms with E-state index < -0.39 is 13.7 Å². The summed E-state index contributed by atoms with van der Waals surface area (Å²) in [7, 11) is 1.45. The van der Waals surface area contributed by atoms with E-state index in [-0.39, 0.29) is 5.04 Å². The molecule has 207 valence electrons. The molecule has 0 saturated carbocycles. The van der Waals surface area contributed by atoms with Crippen molar-refractivity contribution in [1.82, 2.24) is 19.7 Å². The van der Waals surface area contributed by atoms with Crippen LogP contribution >= 0.6 is 0 Å². The number of nitrogens with zero attached hydrogens (tertiary/aromatic N) is 6. The fourth-order valence-corrected chi connectivity index (χ4v) is 6.57. The third-order valence-corrected chi connectivity index (χ3v) is 13.3. The first-order chi connectivity index (χ1) is 18.9. The molecule has 1 aliphatic carbocycles. The third-order valence-electron chi connectivity index (χ3n) is 8.78. The molecule has 3 heterocycles. The summed E-state index contributed by atoms with van der Waals surface area (Å²) in [5, 5.41) is 18.2. The Morgan fingerprint density at radius 1 is 1.30 bits per heavy atom. The van der Waals surface area contributed by atoms with Crippen LogP contribution in [0.15, 0.2) is 24.4 Å². The number of nitrogens with one attached hydrogen (secondary N) is 1. The number of nitriles is 1. The molecule has 0 amide bonds. The van der Waals surface area contributed by atoms with Gasteiger partial charge in [-0.2, -0.15) is 10.4 Å². The Bertz CT molecular complexity index is 1510. The highest BCUT2D eigenvalue weighted by Gasteiger charge is 2.44. The second-order valence-corrected chi connectivity index (χ2v) is 17.5. The van der Waals surface area contributed by atoms with Gasteiger partial charge in [-0.3, -0.25) is 4.68 Å². The van der Waals surface area contributed by atoms with Crippen LogP contribution in [0.2, 0.25) is 18.1 Å². The Balaban J connectivity index is 1.52. The van der Waals surface area contributed by atoms with Gasteiger partial charge in [-0.25, -0.2) is 9.97 Å². The standard InChI is InChI=1S/C29H37BN7O2Si/c1-28(2,3)40(6,7)39-17-29(4)16-37(30-18-38)25-20(15-31)13-19(14-22(25)29)23-11-12-32-27(33-23)34-26-21-9-8-10-24(21)36(5)35-26/h11-14,18H,8-10,16-17H2,1-7H3,(H,32,33,34,35). The van der Waals surface area contributed by atoms with Crippen LogP contribution in [0.1, 0.15) is 56.5 Å². The number of aromatic nitrogens is 4. The van der Waals surface area contributed by atoms with Crippen molar-refractivity contribution >= 4 is 39.4 Å². The van der Waals surface area contributed by atoms with Gasteiger partial charge in [0.15, 0.2) is 14.1 Å². The molecule has 1 aliphatic heterocycles. The van der Waals surface area contributed by atoms with Gasteiger partial charge in [-0.15, -0.1) is 0 Å². The van der Waals surface area contributed by atoms with Gasteiger partial charge in [0.2, 0.25) is 5.95 Å². The largest absolute Gasteiger partial charge is 0.416 e. The van der Waals surface area contributed by atoms with Gasteiger partial charge >= 0.3 is 7.41 Å². The first kappa shape index (κ1) is 28.1. The van der Waals surface area contributed by atoms with Crippen molar-refractivity contribution in [3.63, 3.8) is 0 Å². The molecule has 1 aromatic carbocycles. The summed E-state index contributed by atoms with van der Waals surface area (Å²) in [5.41, 5.74) is 5.82. The predicted octanol–water partition coefficient (Wildman–Crippen LogP) is 4.89. The molecule has 0 bridgehead atoms. The van der Waals surface area contributed by atoms with Crippen LogP contribution in [0.4, 0.5) is 17.5 Å². The summed E-state index contributed by atoms with van der Waals surface area (Å²) in [6.07, 6.45) is 5.64. The summed E-state index contributed by atoms with van der Waals surface area (Å²) < 4.78 is 8.62. The molecule has 0 spiro atoms. The van der Waals surface area contributed by atoms with Crippen LogP contribution in [0.25, 0.3) is 11.3 Å². The molecule has 1 atom stereocenters. The molecule has 3 aromatic rings. The average molecular weight is 555 g/mol. The van der Waals surface area contributed by atoms with Crippen molar-refractivity contribution in [3.05, 3.63) is 46.8 Å². The summed E-state index contributed by atoms with van der Waals surface area (Å²) in [4.78, 5) is 22.7. The monoisotopic (exact) mass is 554 g/mol. The molecule has 11 heteroatoms. The van der Waals surface area contributed by atoms with Crippen LogP contribution in [-0.4, -0.2) is 54.8 Å². The summed E-state index contributed by atoms with van der Waals surface area (Å²) >= 11 is 0. The lowest BCUT2D eigenvalue weighted by Crippen LogP contribution is -2.46. The van der Waals surface area contributed by atoms with Crippen molar-refractivity contribution in [1.29, 1.82) is 5.26 Å². The topological polar surface area (TPSA) is 109 Å². The van der Waals surface area contributed by atoms with E-state index in [4.69, 9.17) is 9.41 Å². The van der Waals surface area contributed by atoms with E-state index in [2.05, 4.69) is 68.3 Å². The van der Waals surface area contributed by atoms with Crippen molar-refractivity contribution in [2.45, 2.75) is 70.5 Å². The fraction of sp³-hybridized carbons (Fsp3) is 0.483. The molecule has 2 aliphatic rings. The van der Waals surface area contributed by atoms with Gasteiger partial charge < -0.3 is 19.3 Å².